The van der Waals surface area contributed by atoms with Gasteiger partial charge in [-0.2, -0.15) is 0 Å². The zero-order chi connectivity index (χ0) is 15.3. The molecule has 0 spiro atoms. The number of rotatable bonds is 6. The van der Waals surface area contributed by atoms with E-state index in [0.29, 0.717) is 0 Å². The molecule has 0 aliphatic rings. The second kappa shape index (κ2) is 6.98. The Morgan fingerprint density at radius 1 is 1.30 bits per heavy atom. The highest BCUT2D eigenvalue weighted by Crippen LogP contribution is 2.12. The third-order valence-electron chi connectivity index (χ3n) is 2.72. The third kappa shape index (κ3) is 4.60. The molecule has 1 aromatic carbocycles. The summed E-state index contributed by atoms with van der Waals surface area (Å²) in [6.07, 6.45) is -0.127. The highest BCUT2D eigenvalue weighted by Gasteiger charge is 2.21. The van der Waals surface area contributed by atoms with Crippen LogP contribution >= 0.6 is 0 Å². The van der Waals surface area contributed by atoms with Gasteiger partial charge in [0, 0.05) is 5.56 Å². The van der Waals surface area contributed by atoms with Crippen molar-refractivity contribution in [2.45, 2.75) is 32.7 Å². The summed E-state index contributed by atoms with van der Waals surface area (Å²) in [7, 11) is 0. The number of aliphatic carboxylic acids is 1. The molecule has 20 heavy (non-hydrogen) atoms. The Hall–Kier alpha value is -1.98. The fraction of sp³-hybridized carbons (Fsp3) is 0.429. The van der Waals surface area contributed by atoms with E-state index in [-0.39, 0.29) is 17.9 Å². The molecular weight excluding hydrogens is 268 g/mol. The maximum absolute atomic E-state index is 13.4. The van der Waals surface area contributed by atoms with Gasteiger partial charge in [-0.15, -0.1) is 0 Å². The maximum Gasteiger partial charge on any atom is 0.326 e. The zero-order valence-corrected chi connectivity index (χ0v) is 11.3. The van der Waals surface area contributed by atoms with Crippen molar-refractivity contribution in [3.05, 3.63) is 35.4 Å². The Morgan fingerprint density at radius 2 is 1.95 bits per heavy atom. The number of hydrogen-bond acceptors (Lipinski definition) is 2. The molecule has 1 amide bonds. The van der Waals surface area contributed by atoms with Crippen LogP contribution < -0.4 is 5.32 Å². The summed E-state index contributed by atoms with van der Waals surface area (Å²) in [5.74, 6) is -3.83. The fourth-order valence-electron chi connectivity index (χ4n) is 1.80. The van der Waals surface area contributed by atoms with Crippen molar-refractivity contribution in [3.8, 4) is 0 Å². The average molecular weight is 285 g/mol. The fourth-order valence-corrected chi connectivity index (χ4v) is 1.80. The monoisotopic (exact) mass is 285 g/mol. The van der Waals surface area contributed by atoms with E-state index in [2.05, 4.69) is 5.32 Å². The number of carbonyl (C=O) groups excluding carboxylic acids is 1. The molecule has 1 aromatic rings. The van der Waals surface area contributed by atoms with E-state index in [1.807, 2.05) is 13.8 Å². The first kappa shape index (κ1) is 16.1. The molecule has 0 heterocycles. The number of carboxylic acid groups (broad SMARTS) is 1. The molecule has 0 bridgehead atoms. The van der Waals surface area contributed by atoms with Gasteiger partial charge in [-0.1, -0.05) is 26.0 Å². The molecule has 0 aliphatic heterocycles. The summed E-state index contributed by atoms with van der Waals surface area (Å²) in [4.78, 5) is 22.7. The lowest BCUT2D eigenvalue weighted by atomic mass is 10.0. The molecule has 4 nitrogen and oxygen atoms in total. The second-order valence-electron chi connectivity index (χ2n) is 4.98. The highest BCUT2D eigenvalue weighted by molar-refractivity contribution is 5.84. The van der Waals surface area contributed by atoms with Gasteiger partial charge in [-0.3, -0.25) is 4.79 Å². The molecule has 0 saturated carbocycles. The van der Waals surface area contributed by atoms with E-state index in [4.69, 9.17) is 5.11 Å². The first-order chi connectivity index (χ1) is 9.31. The van der Waals surface area contributed by atoms with Crippen LogP contribution in [-0.4, -0.2) is 23.0 Å². The Bertz CT molecular complexity index is 503. The van der Waals surface area contributed by atoms with Gasteiger partial charge in [-0.05, 0) is 18.4 Å². The predicted octanol–water partition coefficient (Wildman–Crippen LogP) is 2.12. The van der Waals surface area contributed by atoms with Crippen LogP contribution in [0.5, 0.6) is 0 Å². The quantitative estimate of drug-likeness (QED) is 0.841. The van der Waals surface area contributed by atoms with Crippen LogP contribution in [0, 0.1) is 17.6 Å². The molecule has 0 saturated heterocycles. The number of halogens is 2. The highest BCUT2D eigenvalue weighted by atomic mass is 19.2. The zero-order valence-electron chi connectivity index (χ0n) is 11.3. The summed E-state index contributed by atoms with van der Waals surface area (Å²) in [6, 6.07) is 2.51. The van der Waals surface area contributed by atoms with Gasteiger partial charge >= 0.3 is 5.97 Å². The minimum Gasteiger partial charge on any atom is -0.480 e. The molecule has 2 N–H and O–H groups in total. The minimum atomic E-state index is -1.15. The van der Waals surface area contributed by atoms with Gasteiger partial charge in [0.2, 0.25) is 5.91 Å². The van der Waals surface area contributed by atoms with Crippen LogP contribution in [0.1, 0.15) is 25.8 Å². The molecule has 0 aliphatic carbocycles. The molecule has 110 valence electrons. The number of carbonyl (C=O) groups is 2. The van der Waals surface area contributed by atoms with E-state index in [1.54, 1.807) is 0 Å². The predicted molar refractivity (Wildman–Crippen MR) is 69.1 cm³/mol. The molecule has 1 unspecified atom stereocenters. The lowest BCUT2D eigenvalue weighted by Gasteiger charge is -2.16. The van der Waals surface area contributed by atoms with Crippen LogP contribution in [0.15, 0.2) is 18.2 Å². The normalized spacial score (nSPS) is 12.2. The smallest absolute Gasteiger partial charge is 0.326 e. The Labute approximate surface area is 115 Å². The van der Waals surface area contributed by atoms with Crippen LogP contribution in [0.2, 0.25) is 0 Å². The molecule has 0 fully saturated rings. The van der Waals surface area contributed by atoms with E-state index < -0.39 is 36.0 Å². The summed E-state index contributed by atoms with van der Waals surface area (Å²) >= 11 is 0. The SMILES string of the molecule is CC(C)CC(NC(=O)Cc1cccc(F)c1F)C(=O)O. The lowest BCUT2D eigenvalue weighted by Crippen LogP contribution is -2.42. The van der Waals surface area contributed by atoms with Crippen molar-refractivity contribution in [2.75, 3.05) is 0 Å². The molecule has 1 rings (SSSR count). The second-order valence-corrected chi connectivity index (χ2v) is 4.98. The van der Waals surface area contributed by atoms with E-state index in [0.717, 1.165) is 6.07 Å². The van der Waals surface area contributed by atoms with Crippen LogP contribution in [0.3, 0.4) is 0 Å². The molecule has 0 aromatic heterocycles. The van der Waals surface area contributed by atoms with Crippen molar-refractivity contribution >= 4 is 11.9 Å². The van der Waals surface area contributed by atoms with Gasteiger partial charge in [-0.25, -0.2) is 13.6 Å². The first-order valence-electron chi connectivity index (χ1n) is 6.26. The maximum atomic E-state index is 13.4. The van der Waals surface area contributed by atoms with Gasteiger partial charge in [0.05, 0.1) is 6.42 Å². The standard InChI is InChI=1S/C14H17F2NO3/c1-8(2)6-11(14(19)20)17-12(18)7-9-4-3-5-10(15)13(9)16/h3-5,8,11H,6-7H2,1-2H3,(H,17,18)(H,19,20). The Morgan fingerprint density at radius 3 is 2.50 bits per heavy atom. The summed E-state index contributed by atoms with van der Waals surface area (Å²) in [5.41, 5.74) is -0.101. The summed E-state index contributed by atoms with van der Waals surface area (Å²) < 4.78 is 26.4. The van der Waals surface area contributed by atoms with Crippen molar-refractivity contribution in [1.82, 2.24) is 5.32 Å². The Kier molecular flexibility index (Phi) is 5.61. The van der Waals surface area contributed by atoms with Gasteiger partial charge in [0.1, 0.15) is 6.04 Å². The van der Waals surface area contributed by atoms with Gasteiger partial charge in [0.25, 0.3) is 0 Å². The number of nitrogens with one attached hydrogen (secondary N) is 1. The summed E-state index contributed by atoms with van der Waals surface area (Å²) in [5, 5.41) is 11.3. The third-order valence-corrected chi connectivity index (χ3v) is 2.72. The van der Waals surface area contributed by atoms with Gasteiger partial charge < -0.3 is 10.4 Å². The number of benzene rings is 1. The molecule has 6 heteroatoms. The van der Waals surface area contributed by atoms with Crippen molar-refractivity contribution < 1.29 is 23.5 Å². The molecule has 0 radical (unpaired) electrons. The Balaban J connectivity index is 2.71. The van der Waals surface area contributed by atoms with Crippen LogP contribution in [0.4, 0.5) is 8.78 Å². The topological polar surface area (TPSA) is 66.4 Å². The number of carboxylic acids is 1. The minimum absolute atomic E-state index is 0.0855. The van der Waals surface area contributed by atoms with Crippen molar-refractivity contribution in [1.29, 1.82) is 0 Å². The molecular formula is C14H17F2NO3. The van der Waals surface area contributed by atoms with Crippen molar-refractivity contribution in [2.24, 2.45) is 5.92 Å². The molecule has 1 atom stereocenters. The first-order valence-corrected chi connectivity index (χ1v) is 6.26. The van der Waals surface area contributed by atoms with Crippen molar-refractivity contribution in [3.63, 3.8) is 0 Å². The lowest BCUT2D eigenvalue weighted by molar-refractivity contribution is -0.142. The largest absolute Gasteiger partial charge is 0.480 e. The number of hydrogen-bond donors (Lipinski definition) is 2. The van der Waals surface area contributed by atoms with Gasteiger partial charge in [0.15, 0.2) is 11.6 Å². The van der Waals surface area contributed by atoms with E-state index >= 15 is 0 Å². The number of amides is 1. The summed E-state index contributed by atoms with van der Waals surface area (Å²) in [6.45, 7) is 3.66. The average Bonchev–Trinajstić information content (AvgIpc) is 2.33. The van der Waals surface area contributed by atoms with E-state index in [1.165, 1.54) is 12.1 Å². The van der Waals surface area contributed by atoms with E-state index in [9.17, 15) is 18.4 Å². The van der Waals surface area contributed by atoms with Crippen LogP contribution in [-0.2, 0) is 16.0 Å². The van der Waals surface area contributed by atoms with Crippen LogP contribution in [0.25, 0.3) is 0 Å².